The van der Waals surface area contributed by atoms with Gasteiger partial charge in [-0.05, 0) is 44.5 Å². The standard InChI is InChI=1S/C18H21N3O2/c1-12-4-7-15(8-5-12)18(23)21-20-17(22)11-19-16-9-6-13(2)10-14(16)3/h4-10,19H,11H2,1-3H3,(H,20,22)(H,21,23). The van der Waals surface area contributed by atoms with Crippen molar-refractivity contribution in [3.8, 4) is 0 Å². The fourth-order valence-corrected chi connectivity index (χ4v) is 2.14. The lowest BCUT2D eigenvalue weighted by Gasteiger charge is -2.11. The molecule has 0 unspecified atom stereocenters. The predicted octanol–water partition coefficient (Wildman–Crippen LogP) is 2.48. The van der Waals surface area contributed by atoms with Crippen molar-refractivity contribution >= 4 is 17.5 Å². The molecule has 0 spiro atoms. The lowest BCUT2D eigenvalue weighted by molar-refractivity contribution is -0.120. The monoisotopic (exact) mass is 311 g/mol. The number of carbonyl (C=O) groups is 2. The van der Waals surface area contributed by atoms with Crippen LogP contribution in [0.25, 0.3) is 0 Å². The van der Waals surface area contributed by atoms with E-state index < -0.39 is 0 Å². The fourth-order valence-electron chi connectivity index (χ4n) is 2.14. The predicted molar refractivity (Wildman–Crippen MR) is 91.2 cm³/mol. The minimum absolute atomic E-state index is 0.0814. The van der Waals surface area contributed by atoms with E-state index in [0.717, 1.165) is 16.8 Å². The zero-order valence-corrected chi connectivity index (χ0v) is 13.6. The van der Waals surface area contributed by atoms with Gasteiger partial charge in [-0.2, -0.15) is 0 Å². The summed E-state index contributed by atoms with van der Waals surface area (Å²) in [6.07, 6.45) is 0. The van der Waals surface area contributed by atoms with Crippen LogP contribution in [0.4, 0.5) is 5.69 Å². The van der Waals surface area contributed by atoms with Crippen molar-refractivity contribution in [1.82, 2.24) is 10.9 Å². The quantitative estimate of drug-likeness (QED) is 0.760. The number of aryl methyl sites for hydroxylation is 3. The van der Waals surface area contributed by atoms with Crippen LogP contribution in [0.2, 0.25) is 0 Å². The first-order valence-electron chi connectivity index (χ1n) is 7.42. The Balaban J connectivity index is 1.81. The van der Waals surface area contributed by atoms with Crippen molar-refractivity contribution < 1.29 is 9.59 Å². The molecule has 2 rings (SSSR count). The molecule has 0 aliphatic carbocycles. The summed E-state index contributed by atoms with van der Waals surface area (Å²) in [5, 5.41) is 3.05. The zero-order valence-electron chi connectivity index (χ0n) is 13.6. The molecule has 5 heteroatoms. The molecule has 0 bridgehead atoms. The second-order valence-corrected chi connectivity index (χ2v) is 5.54. The maximum absolute atomic E-state index is 11.9. The van der Waals surface area contributed by atoms with Crippen molar-refractivity contribution in [2.45, 2.75) is 20.8 Å². The highest BCUT2D eigenvalue weighted by Crippen LogP contribution is 2.15. The smallest absolute Gasteiger partial charge is 0.269 e. The molecule has 120 valence electrons. The van der Waals surface area contributed by atoms with E-state index in [1.807, 2.05) is 51.1 Å². The minimum Gasteiger partial charge on any atom is -0.376 e. The van der Waals surface area contributed by atoms with Crippen molar-refractivity contribution in [3.63, 3.8) is 0 Å². The first-order chi connectivity index (χ1) is 11.0. The Labute approximate surface area is 136 Å². The summed E-state index contributed by atoms with van der Waals surface area (Å²) in [4.78, 5) is 23.7. The number of rotatable bonds is 4. The molecule has 23 heavy (non-hydrogen) atoms. The van der Waals surface area contributed by atoms with E-state index in [1.54, 1.807) is 12.1 Å². The molecular formula is C18H21N3O2. The summed E-state index contributed by atoms with van der Waals surface area (Å²) in [5.74, 6) is -0.657. The number of hydrogen-bond acceptors (Lipinski definition) is 3. The van der Waals surface area contributed by atoms with Crippen molar-refractivity contribution in [1.29, 1.82) is 0 Å². The van der Waals surface area contributed by atoms with Gasteiger partial charge >= 0.3 is 0 Å². The number of anilines is 1. The van der Waals surface area contributed by atoms with Crippen molar-refractivity contribution in [2.24, 2.45) is 0 Å². The highest BCUT2D eigenvalue weighted by Gasteiger charge is 2.07. The number of carbonyl (C=O) groups excluding carboxylic acids is 2. The van der Waals surface area contributed by atoms with Gasteiger partial charge in [-0.25, -0.2) is 0 Å². The SMILES string of the molecule is Cc1ccc(C(=O)NNC(=O)CNc2ccc(C)cc2C)cc1. The third-order valence-corrected chi connectivity index (χ3v) is 3.45. The van der Waals surface area contributed by atoms with Crippen molar-refractivity contribution in [2.75, 3.05) is 11.9 Å². The molecule has 3 N–H and O–H groups in total. The van der Waals surface area contributed by atoms with Crippen LogP contribution in [0, 0.1) is 20.8 Å². The number of benzene rings is 2. The van der Waals surface area contributed by atoms with Crippen LogP contribution < -0.4 is 16.2 Å². The number of nitrogens with one attached hydrogen (secondary N) is 3. The Morgan fingerprint density at radius 3 is 2.17 bits per heavy atom. The highest BCUT2D eigenvalue weighted by atomic mass is 16.2. The van der Waals surface area contributed by atoms with E-state index in [9.17, 15) is 9.59 Å². The third-order valence-electron chi connectivity index (χ3n) is 3.45. The Morgan fingerprint density at radius 1 is 0.870 bits per heavy atom. The molecule has 0 saturated heterocycles. The second kappa shape index (κ2) is 7.45. The maximum Gasteiger partial charge on any atom is 0.269 e. The van der Waals surface area contributed by atoms with Crippen LogP contribution >= 0.6 is 0 Å². The van der Waals surface area contributed by atoms with Gasteiger partial charge in [0.1, 0.15) is 0 Å². The third kappa shape index (κ3) is 4.85. The molecule has 0 radical (unpaired) electrons. The molecule has 0 heterocycles. The van der Waals surface area contributed by atoms with E-state index in [2.05, 4.69) is 16.2 Å². The Hall–Kier alpha value is -2.82. The molecule has 0 aromatic heterocycles. The van der Waals surface area contributed by atoms with Gasteiger partial charge in [0.05, 0.1) is 6.54 Å². The molecule has 2 aromatic carbocycles. The Bertz CT molecular complexity index is 709. The van der Waals surface area contributed by atoms with Crippen LogP contribution in [0.3, 0.4) is 0 Å². The number of hydrazine groups is 1. The summed E-state index contributed by atoms with van der Waals surface area (Å²) in [6, 6.07) is 13.1. The molecule has 0 aliphatic heterocycles. The first kappa shape index (κ1) is 16.5. The van der Waals surface area contributed by atoms with E-state index in [0.29, 0.717) is 5.56 Å². The summed E-state index contributed by atoms with van der Waals surface area (Å²) >= 11 is 0. The van der Waals surface area contributed by atoms with Crippen molar-refractivity contribution in [3.05, 3.63) is 64.7 Å². The molecule has 0 saturated carbocycles. The molecule has 2 amide bonds. The van der Waals surface area contributed by atoms with Gasteiger partial charge in [0, 0.05) is 11.3 Å². The normalized spacial score (nSPS) is 10.0. The first-order valence-corrected chi connectivity index (χ1v) is 7.42. The molecule has 5 nitrogen and oxygen atoms in total. The summed E-state index contributed by atoms with van der Waals surface area (Å²) in [7, 11) is 0. The molecule has 2 aromatic rings. The van der Waals surface area contributed by atoms with Gasteiger partial charge < -0.3 is 5.32 Å². The van der Waals surface area contributed by atoms with Gasteiger partial charge in [0.2, 0.25) is 0 Å². The molecule has 0 atom stereocenters. The van der Waals surface area contributed by atoms with Gasteiger partial charge in [-0.1, -0.05) is 35.4 Å². The topological polar surface area (TPSA) is 70.2 Å². The largest absolute Gasteiger partial charge is 0.376 e. The van der Waals surface area contributed by atoms with E-state index in [4.69, 9.17) is 0 Å². The summed E-state index contributed by atoms with van der Waals surface area (Å²) < 4.78 is 0. The van der Waals surface area contributed by atoms with Gasteiger partial charge in [0.25, 0.3) is 11.8 Å². The van der Waals surface area contributed by atoms with Crippen LogP contribution in [0.15, 0.2) is 42.5 Å². The highest BCUT2D eigenvalue weighted by molar-refractivity contribution is 5.95. The Morgan fingerprint density at radius 2 is 1.52 bits per heavy atom. The molecule has 0 aliphatic rings. The van der Waals surface area contributed by atoms with E-state index in [-0.39, 0.29) is 18.4 Å². The molecular weight excluding hydrogens is 290 g/mol. The fraction of sp³-hybridized carbons (Fsp3) is 0.222. The zero-order chi connectivity index (χ0) is 16.8. The minimum atomic E-state index is -0.343. The lowest BCUT2D eigenvalue weighted by Crippen LogP contribution is -2.44. The van der Waals surface area contributed by atoms with Gasteiger partial charge in [-0.3, -0.25) is 20.4 Å². The molecule has 0 fully saturated rings. The van der Waals surface area contributed by atoms with Crippen LogP contribution in [0.5, 0.6) is 0 Å². The van der Waals surface area contributed by atoms with Crippen LogP contribution in [-0.2, 0) is 4.79 Å². The van der Waals surface area contributed by atoms with E-state index in [1.165, 1.54) is 5.56 Å². The average Bonchev–Trinajstić information content (AvgIpc) is 2.52. The lowest BCUT2D eigenvalue weighted by atomic mass is 10.1. The van der Waals surface area contributed by atoms with Crippen LogP contribution in [-0.4, -0.2) is 18.4 Å². The van der Waals surface area contributed by atoms with Gasteiger partial charge in [0.15, 0.2) is 0 Å². The average molecular weight is 311 g/mol. The van der Waals surface area contributed by atoms with Crippen LogP contribution in [0.1, 0.15) is 27.0 Å². The summed E-state index contributed by atoms with van der Waals surface area (Å²) in [5.41, 5.74) is 9.51. The number of amides is 2. The number of hydrogen-bond donors (Lipinski definition) is 3. The Kier molecular flexibility index (Phi) is 5.36. The van der Waals surface area contributed by atoms with E-state index >= 15 is 0 Å². The van der Waals surface area contributed by atoms with Gasteiger partial charge in [-0.15, -0.1) is 0 Å². The second-order valence-electron chi connectivity index (χ2n) is 5.54. The summed E-state index contributed by atoms with van der Waals surface area (Å²) in [6.45, 7) is 6.02. The maximum atomic E-state index is 11.9.